The number of benzene rings is 1. The number of carbonyl (C=O) groups is 2. The second kappa shape index (κ2) is 7.44. The molecule has 0 aromatic heterocycles. The highest BCUT2D eigenvalue weighted by Gasteiger charge is 2.38. The molecule has 0 saturated carbocycles. The Kier molecular flexibility index (Phi) is 5.27. The summed E-state index contributed by atoms with van der Waals surface area (Å²) in [5.74, 6) is 0.681. The topological polar surface area (TPSA) is 76.7 Å². The van der Waals surface area contributed by atoms with Gasteiger partial charge in [0.05, 0.1) is 7.11 Å². The van der Waals surface area contributed by atoms with Crippen LogP contribution in [0, 0.1) is 6.92 Å². The molecular weight excluding hydrogens is 320 g/mol. The number of methoxy groups -OCH3 is 1. The maximum atomic E-state index is 12.4. The van der Waals surface area contributed by atoms with Gasteiger partial charge in [0.2, 0.25) is 11.8 Å². The fourth-order valence-electron chi connectivity index (χ4n) is 3.73. The molecule has 0 radical (unpaired) electrons. The first-order chi connectivity index (χ1) is 12.0. The van der Waals surface area contributed by atoms with E-state index in [0.717, 1.165) is 29.7 Å². The molecule has 2 heterocycles. The van der Waals surface area contributed by atoms with Gasteiger partial charge in [-0.2, -0.15) is 0 Å². The normalized spacial score (nSPS) is 22.3. The van der Waals surface area contributed by atoms with Crippen LogP contribution in [0.2, 0.25) is 0 Å². The minimum atomic E-state index is -0.413. The van der Waals surface area contributed by atoms with Gasteiger partial charge in [0.25, 0.3) is 0 Å². The van der Waals surface area contributed by atoms with Gasteiger partial charge in [-0.3, -0.25) is 9.59 Å². The van der Waals surface area contributed by atoms with E-state index in [2.05, 4.69) is 23.6 Å². The van der Waals surface area contributed by atoms with Gasteiger partial charge in [-0.05, 0) is 32.3 Å². The first-order valence-electron chi connectivity index (χ1n) is 8.84. The van der Waals surface area contributed by atoms with Gasteiger partial charge in [0.15, 0.2) is 0 Å². The summed E-state index contributed by atoms with van der Waals surface area (Å²) in [5.41, 5.74) is 2.07. The predicted molar refractivity (Wildman–Crippen MR) is 93.6 cm³/mol. The van der Waals surface area contributed by atoms with Crippen LogP contribution in [0.25, 0.3) is 0 Å². The number of hydrogen-bond donors (Lipinski definition) is 2. The van der Waals surface area contributed by atoms with Gasteiger partial charge >= 0.3 is 0 Å². The highest BCUT2D eigenvalue weighted by atomic mass is 16.5. The Bertz CT molecular complexity index is 653. The molecule has 1 aromatic rings. The maximum absolute atomic E-state index is 12.4. The first-order valence-corrected chi connectivity index (χ1v) is 8.84. The van der Waals surface area contributed by atoms with Gasteiger partial charge in [0.1, 0.15) is 11.8 Å². The van der Waals surface area contributed by atoms with Gasteiger partial charge < -0.3 is 20.1 Å². The second-order valence-corrected chi connectivity index (χ2v) is 6.97. The number of carbonyl (C=O) groups excluding carboxylic acids is 2. The predicted octanol–water partition coefficient (Wildman–Crippen LogP) is 1.45. The van der Waals surface area contributed by atoms with Gasteiger partial charge in [-0.15, -0.1) is 0 Å². The van der Waals surface area contributed by atoms with Crippen LogP contribution in [0.1, 0.15) is 36.8 Å². The van der Waals surface area contributed by atoms with Crippen molar-refractivity contribution in [2.24, 2.45) is 0 Å². The van der Waals surface area contributed by atoms with Crippen molar-refractivity contribution in [2.45, 2.75) is 44.1 Å². The summed E-state index contributed by atoms with van der Waals surface area (Å²) >= 11 is 0. The average Bonchev–Trinajstić information content (AvgIpc) is 3.07. The molecule has 6 heteroatoms. The lowest BCUT2D eigenvalue weighted by Crippen LogP contribution is -2.49. The summed E-state index contributed by atoms with van der Waals surface area (Å²) < 4.78 is 11.1. The van der Waals surface area contributed by atoms with E-state index >= 15 is 0 Å². The Balaban J connectivity index is 1.80. The van der Waals surface area contributed by atoms with Crippen molar-refractivity contribution < 1.29 is 19.1 Å². The molecule has 2 aliphatic heterocycles. The minimum Gasteiger partial charge on any atom is -0.496 e. The monoisotopic (exact) mass is 346 g/mol. The molecule has 2 saturated heterocycles. The van der Waals surface area contributed by atoms with E-state index in [4.69, 9.17) is 9.47 Å². The SMILES string of the molecule is COc1ccc(C)cc1C1(CNC(=O)[C@@H]2CCC(=O)N2)CCOCC1. The van der Waals surface area contributed by atoms with E-state index in [1.54, 1.807) is 7.11 Å². The number of hydrogen-bond acceptors (Lipinski definition) is 4. The Labute approximate surface area is 148 Å². The van der Waals surface area contributed by atoms with E-state index in [1.807, 2.05) is 12.1 Å². The molecule has 2 aliphatic rings. The highest BCUT2D eigenvalue weighted by Crippen LogP contribution is 2.40. The van der Waals surface area contributed by atoms with E-state index in [-0.39, 0.29) is 17.2 Å². The molecule has 136 valence electrons. The van der Waals surface area contributed by atoms with E-state index < -0.39 is 6.04 Å². The zero-order valence-corrected chi connectivity index (χ0v) is 14.9. The smallest absolute Gasteiger partial charge is 0.242 e. The van der Waals surface area contributed by atoms with Crippen molar-refractivity contribution in [1.29, 1.82) is 0 Å². The molecule has 0 aliphatic carbocycles. The molecule has 0 unspecified atom stereocenters. The number of nitrogens with one attached hydrogen (secondary N) is 2. The molecule has 2 fully saturated rings. The maximum Gasteiger partial charge on any atom is 0.242 e. The van der Waals surface area contributed by atoms with E-state index in [0.29, 0.717) is 32.6 Å². The van der Waals surface area contributed by atoms with Crippen molar-refractivity contribution in [3.63, 3.8) is 0 Å². The fraction of sp³-hybridized carbons (Fsp3) is 0.579. The van der Waals surface area contributed by atoms with Crippen LogP contribution in [0.3, 0.4) is 0 Å². The summed E-state index contributed by atoms with van der Waals surface area (Å²) in [5, 5.41) is 5.79. The van der Waals surface area contributed by atoms with Crippen LogP contribution in [-0.2, 0) is 19.7 Å². The molecule has 0 spiro atoms. The lowest BCUT2D eigenvalue weighted by Gasteiger charge is -2.39. The molecule has 2 N–H and O–H groups in total. The van der Waals surface area contributed by atoms with Crippen molar-refractivity contribution >= 4 is 11.8 Å². The molecule has 25 heavy (non-hydrogen) atoms. The summed E-state index contributed by atoms with van der Waals surface area (Å²) in [6.07, 6.45) is 2.63. The summed E-state index contributed by atoms with van der Waals surface area (Å²) in [7, 11) is 1.67. The minimum absolute atomic E-state index is 0.0544. The lowest BCUT2D eigenvalue weighted by atomic mass is 9.73. The average molecular weight is 346 g/mol. The number of aryl methyl sites for hydroxylation is 1. The van der Waals surface area contributed by atoms with E-state index in [1.165, 1.54) is 0 Å². The Morgan fingerprint density at radius 3 is 2.80 bits per heavy atom. The molecule has 1 atom stereocenters. The van der Waals surface area contributed by atoms with Crippen molar-refractivity contribution in [3.8, 4) is 5.75 Å². The third kappa shape index (κ3) is 3.79. The van der Waals surface area contributed by atoms with Gasteiger partial charge in [-0.1, -0.05) is 17.7 Å². The molecule has 0 bridgehead atoms. The number of rotatable bonds is 5. The van der Waals surface area contributed by atoms with Crippen LogP contribution in [0.15, 0.2) is 18.2 Å². The van der Waals surface area contributed by atoms with Crippen molar-refractivity contribution in [1.82, 2.24) is 10.6 Å². The molecule has 2 amide bonds. The molecular formula is C19H26N2O4. The summed E-state index contributed by atoms with van der Waals surface area (Å²) in [6, 6.07) is 5.75. The lowest BCUT2D eigenvalue weighted by molar-refractivity contribution is -0.126. The first kappa shape index (κ1) is 17.7. The van der Waals surface area contributed by atoms with Gasteiger partial charge in [0, 0.05) is 37.2 Å². The van der Waals surface area contributed by atoms with Crippen LogP contribution in [-0.4, -0.2) is 44.7 Å². The largest absolute Gasteiger partial charge is 0.496 e. The zero-order chi connectivity index (χ0) is 17.9. The molecule has 3 rings (SSSR count). The third-order valence-corrected chi connectivity index (χ3v) is 5.29. The van der Waals surface area contributed by atoms with E-state index in [9.17, 15) is 9.59 Å². The summed E-state index contributed by atoms with van der Waals surface area (Å²) in [6.45, 7) is 3.89. The molecule has 6 nitrogen and oxygen atoms in total. The standard InChI is InChI=1S/C19H26N2O4/c1-13-3-5-16(24-2)14(11-13)19(7-9-25-10-8-19)12-20-18(23)15-4-6-17(22)21-15/h3,5,11,15H,4,6-10,12H2,1-2H3,(H,20,23)(H,21,22)/t15-/m0/s1. The highest BCUT2D eigenvalue weighted by molar-refractivity contribution is 5.90. The third-order valence-electron chi connectivity index (χ3n) is 5.29. The Morgan fingerprint density at radius 2 is 2.16 bits per heavy atom. The van der Waals surface area contributed by atoms with Gasteiger partial charge in [-0.25, -0.2) is 0 Å². The number of amides is 2. The quantitative estimate of drug-likeness (QED) is 0.846. The number of ether oxygens (including phenoxy) is 2. The zero-order valence-electron chi connectivity index (χ0n) is 14.9. The fourth-order valence-corrected chi connectivity index (χ4v) is 3.73. The van der Waals surface area contributed by atoms with Crippen LogP contribution in [0.5, 0.6) is 5.75 Å². The molecule has 1 aromatic carbocycles. The summed E-state index contributed by atoms with van der Waals surface area (Å²) in [4.78, 5) is 23.8. The Morgan fingerprint density at radius 1 is 1.40 bits per heavy atom. The van der Waals surface area contributed by atoms with Crippen molar-refractivity contribution in [3.05, 3.63) is 29.3 Å². The Hall–Kier alpha value is -2.08. The van der Waals surface area contributed by atoms with Crippen LogP contribution >= 0.6 is 0 Å². The second-order valence-electron chi connectivity index (χ2n) is 6.97. The van der Waals surface area contributed by atoms with Crippen molar-refractivity contribution in [2.75, 3.05) is 26.9 Å². The van der Waals surface area contributed by atoms with Crippen LogP contribution in [0.4, 0.5) is 0 Å². The van der Waals surface area contributed by atoms with Crippen LogP contribution < -0.4 is 15.4 Å².